The van der Waals surface area contributed by atoms with Gasteiger partial charge in [-0.05, 0) is 34.9 Å². The van der Waals surface area contributed by atoms with E-state index in [4.69, 9.17) is 5.21 Å². The van der Waals surface area contributed by atoms with E-state index in [0.29, 0.717) is 11.3 Å². The van der Waals surface area contributed by atoms with Gasteiger partial charge in [0.15, 0.2) is 0 Å². The maximum atomic E-state index is 13.4. The number of fused-ring (bicyclic) bond motifs is 1. The molecule has 0 fully saturated rings. The summed E-state index contributed by atoms with van der Waals surface area (Å²) in [5, 5.41) is 8.96. The van der Waals surface area contributed by atoms with Crippen molar-refractivity contribution in [3.63, 3.8) is 0 Å². The minimum absolute atomic E-state index is 0.174. The lowest BCUT2D eigenvalue weighted by atomic mass is 9.98. The molecule has 3 aromatic rings. The second-order valence-corrected chi connectivity index (χ2v) is 8.29. The van der Waals surface area contributed by atoms with Crippen molar-refractivity contribution in [2.75, 3.05) is 4.31 Å². The van der Waals surface area contributed by atoms with Gasteiger partial charge in [-0.15, -0.1) is 0 Å². The van der Waals surface area contributed by atoms with Crippen molar-refractivity contribution in [1.82, 2.24) is 5.48 Å². The van der Waals surface area contributed by atoms with E-state index in [-0.39, 0.29) is 11.3 Å². The lowest BCUT2D eigenvalue weighted by molar-refractivity contribution is -0.129. The van der Waals surface area contributed by atoms with Crippen LogP contribution in [0.15, 0.2) is 83.8 Å². The highest BCUT2D eigenvalue weighted by Gasteiger charge is 2.43. The Labute approximate surface area is 163 Å². The molecule has 0 saturated heterocycles. The molecule has 1 unspecified atom stereocenters. The summed E-state index contributed by atoms with van der Waals surface area (Å²) in [6.07, 6.45) is -0.192. The second kappa shape index (κ2) is 7.10. The number of carbonyl (C=O) groups is 1. The molecule has 28 heavy (non-hydrogen) atoms. The van der Waals surface area contributed by atoms with Crippen LogP contribution < -0.4 is 9.79 Å². The number of carbonyl (C=O) groups excluding carboxylic acids is 1. The van der Waals surface area contributed by atoms with Gasteiger partial charge in [0.05, 0.1) is 23.0 Å². The van der Waals surface area contributed by atoms with Crippen LogP contribution >= 0.6 is 0 Å². The normalized spacial score (nSPS) is 17.2. The van der Waals surface area contributed by atoms with Gasteiger partial charge < -0.3 is 0 Å². The van der Waals surface area contributed by atoms with Gasteiger partial charge in [-0.3, -0.25) is 14.3 Å². The van der Waals surface area contributed by atoms with E-state index in [1.807, 2.05) is 36.4 Å². The SMILES string of the molecule is O=C(CC1c2ccc(-c3ccccc3)cc2S(=O)(=O)N1c1ccccc1)NO. The van der Waals surface area contributed by atoms with Crippen molar-refractivity contribution in [2.24, 2.45) is 0 Å². The molecular formula is C21H18N2O4S. The Bertz CT molecular complexity index is 1120. The van der Waals surface area contributed by atoms with Gasteiger partial charge in [-0.2, -0.15) is 0 Å². The molecule has 142 valence electrons. The van der Waals surface area contributed by atoms with Crippen LogP contribution in [-0.4, -0.2) is 19.5 Å². The molecule has 0 aromatic heterocycles. The summed E-state index contributed by atoms with van der Waals surface area (Å²) in [6.45, 7) is 0. The minimum Gasteiger partial charge on any atom is -0.289 e. The molecule has 0 spiro atoms. The highest BCUT2D eigenvalue weighted by Crippen LogP contribution is 2.45. The molecule has 1 heterocycles. The Hall–Kier alpha value is -3.16. The average Bonchev–Trinajstić information content (AvgIpc) is 2.95. The van der Waals surface area contributed by atoms with Crippen molar-refractivity contribution in [3.8, 4) is 11.1 Å². The van der Waals surface area contributed by atoms with E-state index in [0.717, 1.165) is 11.1 Å². The predicted molar refractivity (Wildman–Crippen MR) is 105 cm³/mol. The number of anilines is 1. The average molecular weight is 394 g/mol. The van der Waals surface area contributed by atoms with Gasteiger partial charge in [0.2, 0.25) is 5.91 Å². The summed E-state index contributed by atoms with van der Waals surface area (Å²) in [4.78, 5) is 12.0. The number of hydrogen-bond acceptors (Lipinski definition) is 4. The number of para-hydroxylation sites is 1. The summed E-state index contributed by atoms with van der Waals surface area (Å²) in [5.41, 5.74) is 4.29. The number of nitrogens with one attached hydrogen (secondary N) is 1. The molecule has 0 bridgehead atoms. The van der Waals surface area contributed by atoms with Crippen LogP contribution in [-0.2, 0) is 14.8 Å². The number of rotatable bonds is 4. The summed E-state index contributed by atoms with van der Waals surface area (Å²) >= 11 is 0. The topological polar surface area (TPSA) is 86.7 Å². The lowest BCUT2D eigenvalue weighted by Gasteiger charge is -2.25. The third-order valence-electron chi connectivity index (χ3n) is 4.81. The third kappa shape index (κ3) is 3.04. The van der Waals surface area contributed by atoms with Crippen LogP contribution in [0.4, 0.5) is 5.69 Å². The van der Waals surface area contributed by atoms with Gasteiger partial charge in [-0.1, -0.05) is 60.7 Å². The molecular weight excluding hydrogens is 376 g/mol. The quantitative estimate of drug-likeness (QED) is 0.524. The number of amides is 1. The molecule has 0 saturated carbocycles. The number of hydroxylamine groups is 1. The molecule has 4 rings (SSSR count). The molecule has 2 N–H and O–H groups in total. The fourth-order valence-electron chi connectivity index (χ4n) is 3.55. The monoisotopic (exact) mass is 394 g/mol. The van der Waals surface area contributed by atoms with Crippen molar-refractivity contribution in [2.45, 2.75) is 17.4 Å². The van der Waals surface area contributed by atoms with Crippen LogP contribution in [0.1, 0.15) is 18.0 Å². The first-order chi connectivity index (χ1) is 13.5. The van der Waals surface area contributed by atoms with E-state index >= 15 is 0 Å². The van der Waals surface area contributed by atoms with Crippen LogP contribution in [0.3, 0.4) is 0 Å². The van der Waals surface area contributed by atoms with Crippen LogP contribution in [0.2, 0.25) is 0 Å². The zero-order valence-corrected chi connectivity index (χ0v) is 15.6. The molecule has 0 radical (unpaired) electrons. The van der Waals surface area contributed by atoms with Gasteiger partial charge in [0.1, 0.15) is 0 Å². The van der Waals surface area contributed by atoms with E-state index in [9.17, 15) is 13.2 Å². The highest BCUT2D eigenvalue weighted by molar-refractivity contribution is 7.93. The summed E-state index contributed by atoms with van der Waals surface area (Å²) in [7, 11) is -3.86. The third-order valence-corrected chi connectivity index (χ3v) is 6.71. The molecule has 3 aromatic carbocycles. The van der Waals surface area contributed by atoms with Crippen molar-refractivity contribution >= 4 is 21.6 Å². The number of nitrogens with zero attached hydrogens (tertiary/aromatic N) is 1. The van der Waals surface area contributed by atoms with E-state index < -0.39 is 22.0 Å². The van der Waals surface area contributed by atoms with Gasteiger partial charge in [-0.25, -0.2) is 13.9 Å². The minimum atomic E-state index is -3.86. The molecule has 6 nitrogen and oxygen atoms in total. The van der Waals surface area contributed by atoms with E-state index in [2.05, 4.69) is 0 Å². The Kier molecular flexibility index (Phi) is 4.62. The smallest absolute Gasteiger partial charge is 0.265 e. The molecule has 1 atom stereocenters. The van der Waals surface area contributed by atoms with Gasteiger partial charge in [0.25, 0.3) is 10.0 Å². The lowest BCUT2D eigenvalue weighted by Crippen LogP contribution is -2.32. The zero-order valence-electron chi connectivity index (χ0n) is 14.8. The fraction of sp³-hybridized carbons (Fsp3) is 0.0952. The van der Waals surface area contributed by atoms with E-state index in [1.54, 1.807) is 47.9 Å². The van der Waals surface area contributed by atoms with Gasteiger partial charge in [0, 0.05) is 0 Å². The van der Waals surface area contributed by atoms with Crippen LogP contribution in [0.25, 0.3) is 11.1 Å². The van der Waals surface area contributed by atoms with Crippen LogP contribution in [0.5, 0.6) is 0 Å². The molecule has 1 aliphatic rings. The molecule has 1 aliphatic heterocycles. The Balaban J connectivity index is 1.88. The fourth-order valence-corrected chi connectivity index (χ4v) is 5.46. The van der Waals surface area contributed by atoms with Crippen molar-refractivity contribution in [1.29, 1.82) is 0 Å². The van der Waals surface area contributed by atoms with Crippen LogP contribution in [0, 0.1) is 0 Å². The first-order valence-corrected chi connectivity index (χ1v) is 10.2. The maximum Gasteiger partial charge on any atom is 0.265 e. The maximum absolute atomic E-state index is 13.4. The van der Waals surface area contributed by atoms with E-state index in [1.165, 1.54) is 4.31 Å². The Morgan fingerprint density at radius 2 is 1.57 bits per heavy atom. The second-order valence-electron chi connectivity index (χ2n) is 6.51. The molecule has 7 heteroatoms. The zero-order chi connectivity index (χ0) is 19.7. The summed E-state index contributed by atoms with van der Waals surface area (Å²) in [5.74, 6) is -0.652. The standard InChI is InChI=1S/C21H18N2O4S/c24-21(22-25)14-19-18-12-11-16(15-7-3-1-4-8-15)13-20(18)28(26,27)23(19)17-9-5-2-6-10-17/h1-13,19,25H,14H2,(H,22,24). The van der Waals surface area contributed by atoms with Crippen molar-refractivity contribution in [3.05, 3.63) is 84.4 Å². The van der Waals surface area contributed by atoms with Crippen molar-refractivity contribution < 1.29 is 18.4 Å². The van der Waals surface area contributed by atoms with Gasteiger partial charge >= 0.3 is 0 Å². The number of sulfonamides is 1. The number of hydrogen-bond donors (Lipinski definition) is 2. The highest BCUT2D eigenvalue weighted by atomic mass is 32.2. The predicted octanol–water partition coefficient (Wildman–Crippen LogP) is 3.50. The first kappa shape index (κ1) is 18.2. The summed E-state index contributed by atoms with van der Waals surface area (Å²) < 4.78 is 28.0. The molecule has 0 aliphatic carbocycles. The number of benzene rings is 3. The first-order valence-electron chi connectivity index (χ1n) is 8.74. The Morgan fingerprint density at radius 1 is 0.929 bits per heavy atom. The largest absolute Gasteiger partial charge is 0.289 e. The summed E-state index contributed by atoms with van der Waals surface area (Å²) in [6, 6.07) is 22.7. The molecule has 1 amide bonds. The Morgan fingerprint density at radius 3 is 2.21 bits per heavy atom.